The smallest absolute Gasteiger partial charge is 0.0208 e. The lowest BCUT2D eigenvalue weighted by Gasteiger charge is -2.02. The van der Waals surface area contributed by atoms with E-state index < -0.39 is 0 Å². The quantitative estimate of drug-likeness (QED) is 0.527. The van der Waals surface area contributed by atoms with Gasteiger partial charge >= 0.3 is 0 Å². The molecule has 0 heterocycles. The van der Waals surface area contributed by atoms with Crippen LogP contribution in [0.4, 0.5) is 0 Å². The Kier molecular flexibility index (Phi) is 5.29. The van der Waals surface area contributed by atoms with E-state index in [0.717, 1.165) is 12.3 Å². The molecule has 0 fully saturated rings. The summed E-state index contributed by atoms with van der Waals surface area (Å²) in [6, 6.07) is 0. The van der Waals surface area contributed by atoms with E-state index in [1.807, 2.05) is 5.37 Å². The van der Waals surface area contributed by atoms with Crippen molar-refractivity contribution in [2.45, 2.75) is 33.1 Å². The molecule has 0 N–H and O–H groups in total. The van der Waals surface area contributed by atoms with Crippen molar-refractivity contribution < 1.29 is 0 Å². The van der Waals surface area contributed by atoms with Crippen LogP contribution in [0.2, 0.25) is 0 Å². The highest BCUT2D eigenvalue weighted by atomic mass is 32.1. The van der Waals surface area contributed by atoms with E-state index in [1.54, 1.807) is 0 Å². The molecule has 0 nitrogen and oxygen atoms in total. The van der Waals surface area contributed by atoms with Crippen LogP contribution in [0.5, 0.6) is 0 Å². The van der Waals surface area contributed by atoms with Crippen LogP contribution < -0.4 is 0 Å². The summed E-state index contributed by atoms with van der Waals surface area (Å²) >= 11 is 4.72. The lowest BCUT2D eigenvalue weighted by atomic mass is 10.0. The van der Waals surface area contributed by atoms with E-state index in [2.05, 4.69) is 13.8 Å². The van der Waals surface area contributed by atoms with Gasteiger partial charge in [0.2, 0.25) is 0 Å². The molecular formula is C7H14S. The minimum atomic E-state index is 0.803. The van der Waals surface area contributed by atoms with Crippen molar-refractivity contribution in [1.29, 1.82) is 0 Å². The van der Waals surface area contributed by atoms with Gasteiger partial charge in [-0.15, -0.1) is 0 Å². The third kappa shape index (κ3) is 4.25. The molecule has 0 amide bonds. The van der Waals surface area contributed by atoms with Gasteiger partial charge in [-0.3, -0.25) is 0 Å². The second kappa shape index (κ2) is 5.23. The predicted molar refractivity (Wildman–Crippen MR) is 42.3 cm³/mol. The third-order valence-electron chi connectivity index (χ3n) is 1.28. The second-order valence-electron chi connectivity index (χ2n) is 2.30. The van der Waals surface area contributed by atoms with Crippen molar-refractivity contribution in [3.63, 3.8) is 0 Å². The van der Waals surface area contributed by atoms with Gasteiger partial charge < -0.3 is 0 Å². The molecule has 0 aliphatic rings. The summed E-state index contributed by atoms with van der Waals surface area (Å²) in [6.45, 7) is 4.45. The summed E-state index contributed by atoms with van der Waals surface area (Å²) < 4.78 is 0. The zero-order valence-electron chi connectivity index (χ0n) is 5.68. The number of rotatable bonds is 4. The SMILES string of the molecule is CCC[C@@H](C)CC=S. The summed E-state index contributed by atoms with van der Waals surface area (Å²) in [4.78, 5) is 0. The third-order valence-corrected chi connectivity index (χ3v) is 1.47. The van der Waals surface area contributed by atoms with Gasteiger partial charge in [0.15, 0.2) is 0 Å². The first-order valence-corrected chi connectivity index (χ1v) is 3.72. The molecule has 0 unspecified atom stereocenters. The zero-order chi connectivity index (χ0) is 6.41. The molecule has 0 aromatic heterocycles. The monoisotopic (exact) mass is 130 g/mol. The van der Waals surface area contributed by atoms with Gasteiger partial charge in [0.25, 0.3) is 0 Å². The fourth-order valence-corrected chi connectivity index (χ4v) is 1.10. The van der Waals surface area contributed by atoms with E-state index in [1.165, 1.54) is 12.8 Å². The first kappa shape index (κ1) is 8.09. The van der Waals surface area contributed by atoms with Crippen molar-refractivity contribution in [1.82, 2.24) is 0 Å². The highest BCUT2D eigenvalue weighted by molar-refractivity contribution is 7.78. The Morgan fingerprint density at radius 2 is 2.25 bits per heavy atom. The van der Waals surface area contributed by atoms with Crippen LogP contribution in [-0.2, 0) is 0 Å². The molecule has 0 aliphatic heterocycles. The molecule has 0 bridgehead atoms. The van der Waals surface area contributed by atoms with Crippen LogP contribution in [0.1, 0.15) is 33.1 Å². The topological polar surface area (TPSA) is 0 Å². The molecule has 48 valence electrons. The number of hydrogen-bond acceptors (Lipinski definition) is 1. The second-order valence-corrected chi connectivity index (χ2v) is 2.63. The minimum absolute atomic E-state index is 0.803. The molecule has 0 spiro atoms. The molecule has 0 rings (SSSR count). The Bertz CT molecular complexity index is 59.4. The minimum Gasteiger partial charge on any atom is -0.0935 e. The molecule has 0 aliphatic carbocycles. The highest BCUT2D eigenvalue weighted by Crippen LogP contribution is 2.07. The molecule has 0 aromatic carbocycles. The van der Waals surface area contributed by atoms with Gasteiger partial charge in [-0.1, -0.05) is 38.9 Å². The van der Waals surface area contributed by atoms with Gasteiger partial charge in [0.05, 0.1) is 0 Å². The fraction of sp³-hybridized carbons (Fsp3) is 0.857. The Labute approximate surface area is 57.3 Å². The van der Waals surface area contributed by atoms with E-state index >= 15 is 0 Å². The average Bonchev–Trinajstić information content (AvgIpc) is 1.68. The summed E-state index contributed by atoms with van der Waals surface area (Å²) in [5.41, 5.74) is 0. The van der Waals surface area contributed by atoms with Crippen molar-refractivity contribution in [3.8, 4) is 0 Å². The van der Waals surface area contributed by atoms with Gasteiger partial charge in [-0.2, -0.15) is 0 Å². The standard InChI is InChI=1S/C7H14S/c1-3-4-7(2)5-6-8/h6-7H,3-5H2,1-2H3/t7-/m1/s1. The first-order chi connectivity index (χ1) is 3.81. The maximum Gasteiger partial charge on any atom is -0.0208 e. The fourth-order valence-electron chi connectivity index (χ4n) is 0.775. The molecule has 0 radical (unpaired) electrons. The van der Waals surface area contributed by atoms with Crippen molar-refractivity contribution in [3.05, 3.63) is 0 Å². The zero-order valence-corrected chi connectivity index (χ0v) is 6.50. The van der Waals surface area contributed by atoms with Crippen LogP contribution in [0, 0.1) is 5.92 Å². The average molecular weight is 130 g/mol. The summed E-state index contributed by atoms with van der Waals surface area (Å²) in [5.74, 6) is 0.803. The van der Waals surface area contributed by atoms with E-state index in [4.69, 9.17) is 12.2 Å². The summed E-state index contributed by atoms with van der Waals surface area (Å²) in [7, 11) is 0. The van der Waals surface area contributed by atoms with Crippen molar-refractivity contribution >= 4 is 17.6 Å². The lowest BCUT2D eigenvalue weighted by molar-refractivity contribution is 0.550. The molecule has 8 heavy (non-hydrogen) atoms. The van der Waals surface area contributed by atoms with Gasteiger partial charge in [-0.25, -0.2) is 0 Å². The molecule has 0 saturated heterocycles. The van der Waals surface area contributed by atoms with Crippen LogP contribution in [0.15, 0.2) is 0 Å². The normalized spacial score (nSPS) is 13.2. The van der Waals surface area contributed by atoms with Crippen molar-refractivity contribution in [2.75, 3.05) is 0 Å². The molecule has 0 saturated carbocycles. The first-order valence-electron chi connectivity index (χ1n) is 3.24. The molecule has 0 aromatic rings. The summed E-state index contributed by atoms with van der Waals surface area (Å²) in [6.07, 6.45) is 3.70. The van der Waals surface area contributed by atoms with Crippen LogP contribution >= 0.6 is 12.2 Å². The van der Waals surface area contributed by atoms with Crippen LogP contribution in [0.3, 0.4) is 0 Å². The van der Waals surface area contributed by atoms with E-state index in [0.29, 0.717) is 0 Å². The Balaban J connectivity index is 3.03. The molecule has 1 heteroatoms. The highest BCUT2D eigenvalue weighted by Gasteiger charge is 1.94. The number of hydrogen-bond donors (Lipinski definition) is 0. The molecule has 1 atom stereocenters. The Morgan fingerprint density at radius 3 is 2.62 bits per heavy atom. The molecular weight excluding hydrogens is 116 g/mol. The Hall–Kier alpha value is 0.0900. The Morgan fingerprint density at radius 1 is 1.62 bits per heavy atom. The largest absolute Gasteiger partial charge is 0.0935 e. The van der Waals surface area contributed by atoms with Crippen LogP contribution in [-0.4, -0.2) is 5.37 Å². The predicted octanol–water partition coefficient (Wildman–Crippen LogP) is 2.81. The lowest BCUT2D eigenvalue weighted by Crippen LogP contribution is -1.92. The van der Waals surface area contributed by atoms with Gasteiger partial charge in [0.1, 0.15) is 0 Å². The summed E-state index contributed by atoms with van der Waals surface area (Å²) in [5, 5.41) is 1.83. The van der Waals surface area contributed by atoms with Gasteiger partial charge in [-0.05, 0) is 17.7 Å². The number of thiocarbonyl (C=S) groups is 1. The van der Waals surface area contributed by atoms with E-state index in [-0.39, 0.29) is 0 Å². The van der Waals surface area contributed by atoms with Crippen molar-refractivity contribution in [2.24, 2.45) is 5.92 Å². The van der Waals surface area contributed by atoms with Crippen LogP contribution in [0.25, 0.3) is 0 Å². The maximum absolute atomic E-state index is 4.72. The van der Waals surface area contributed by atoms with E-state index in [9.17, 15) is 0 Å². The van der Waals surface area contributed by atoms with Gasteiger partial charge in [0, 0.05) is 0 Å². The maximum atomic E-state index is 4.72.